The first-order chi connectivity index (χ1) is 8.72. The van der Waals surface area contributed by atoms with Gasteiger partial charge in [-0.25, -0.2) is 0 Å². The lowest BCUT2D eigenvalue weighted by molar-refractivity contribution is 0.310. The van der Waals surface area contributed by atoms with Gasteiger partial charge in [0.1, 0.15) is 0 Å². The van der Waals surface area contributed by atoms with E-state index in [0.717, 1.165) is 24.2 Å². The number of pyridine rings is 1. The van der Waals surface area contributed by atoms with Gasteiger partial charge in [-0.05, 0) is 62.0 Å². The van der Waals surface area contributed by atoms with Crippen LogP contribution in [0.3, 0.4) is 0 Å². The normalized spacial score (nSPS) is 31.8. The summed E-state index contributed by atoms with van der Waals surface area (Å²) in [5.41, 5.74) is 2.46. The molecule has 1 aromatic rings. The van der Waals surface area contributed by atoms with Gasteiger partial charge in [0.15, 0.2) is 0 Å². The van der Waals surface area contributed by atoms with Crippen LogP contribution in [0.1, 0.15) is 43.4 Å². The molecule has 0 N–H and O–H groups in total. The minimum absolute atomic E-state index is 0.267. The van der Waals surface area contributed by atoms with Crippen molar-refractivity contribution in [1.82, 2.24) is 4.98 Å². The number of aryl methyl sites for hydroxylation is 1. The van der Waals surface area contributed by atoms with Crippen molar-refractivity contribution in [3.8, 4) is 0 Å². The third-order valence-corrected chi connectivity index (χ3v) is 5.31. The highest BCUT2D eigenvalue weighted by Crippen LogP contribution is 2.50. The Morgan fingerprint density at radius 2 is 2.28 bits per heavy atom. The lowest BCUT2D eigenvalue weighted by Crippen LogP contribution is -2.17. The Morgan fingerprint density at radius 1 is 1.39 bits per heavy atom. The predicted molar refractivity (Wildman–Crippen MR) is 75.9 cm³/mol. The molecule has 2 fully saturated rings. The molecule has 0 saturated heterocycles. The van der Waals surface area contributed by atoms with Crippen LogP contribution in [-0.2, 0) is 6.42 Å². The summed E-state index contributed by atoms with van der Waals surface area (Å²) in [5, 5.41) is 0.267. The van der Waals surface area contributed by atoms with E-state index in [4.69, 9.17) is 11.6 Å². The fraction of sp³-hybridized carbons (Fsp3) is 0.688. The SMILES string of the molecule is Cc1cccnc1CC(Cl)CC1CC2CCC1C2. The number of nitrogens with zero attached hydrogens (tertiary/aromatic N) is 1. The van der Waals surface area contributed by atoms with Crippen molar-refractivity contribution >= 4 is 11.6 Å². The molecule has 0 amide bonds. The highest BCUT2D eigenvalue weighted by Gasteiger charge is 2.39. The van der Waals surface area contributed by atoms with Crippen molar-refractivity contribution in [1.29, 1.82) is 0 Å². The van der Waals surface area contributed by atoms with Crippen LogP contribution in [0.2, 0.25) is 0 Å². The first-order valence-corrected chi connectivity index (χ1v) is 7.70. The van der Waals surface area contributed by atoms with E-state index in [1.165, 1.54) is 43.4 Å². The van der Waals surface area contributed by atoms with Gasteiger partial charge in [0.25, 0.3) is 0 Å². The van der Waals surface area contributed by atoms with E-state index in [-0.39, 0.29) is 5.38 Å². The second-order valence-corrected chi connectivity index (χ2v) is 6.86. The van der Waals surface area contributed by atoms with Crippen molar-refractivity contribution in [3.05, 3.63) is 29.6 Å². The van der Waals surface area contributed by atoms with E-state index in [2.05, 4.69) is 18.0 Å². The third-order valence-electron chi connectivity index (χ3n) is 4.98. The molecule has 4 atom stereocenters. The van der Waals surface area contributed by atoms with Gasteiger partial charge in [-0.1, -0.05) is 12.5 Å². The Kier molecular flexibility index (Phi) is 3.61. The van der Waals surface area contributed by atoms with Gasteiger partial charge >= 0.3 is 0 Å². The monoisotopic (exact) mass is 263 g/mol. The van der Waals surface area contributed by atoms with Crippen LogP contribution >= 0.6 is 11.6 Å². The molecular formula is C16H22ClN. The number of aromatic nitrogens is 1. The summed E-state index contributed by atoms with van der Waals surface area (Å²) in [4.78, 5) is 4.46. The van der Waals surface area contributed by atoms with Crippen molar-refractivity contribution in [3.63, 3.8) is 0 Å². The lowest BCUT2D eigenvalue weighted by atomic mass is 9.85. The molecule has 1 heterocycles. The number of halogens is 1. The van der Waals surface area contributed by atoms with Crippen LogP contribution in [0.15, 0.2) is 18.3 Å². The third kappa shape index (κ3) is 2.56. The van der Waals surface area contributed by atoms with Crippen LogP contribution in [0, 0.1) is 24.7 Å². The first-order valence-electron chi connectivity index (χ1n) is 7.27. The minimum Gasteiger partial charge on any atom is -0.261 e. The smallest absolute Gasteiger partial charge is 0.0447 e. The molecule has 1 aromatic heterocycles. The maximum absolute atomic E-state index is 6.56. The number of rotatable bonds is 4. The lowest BCUT2D eigenvalue weighted by Gasteiger charge is -2.23. The molecule has 2 heteroatoms. The van der Waals surface area contributed by atoms with Gasteiger partial charge in [0, 0.05) is 23.7 Å². The summed E-state index contributed by atoms with van der Waals surface area (Å²) in [6.45, 7) is 2.13. The van der Waals surface area contributed by atoms with Crippen molar-refractivity contribution in [2.45, 2.75) is 50.8 Å². The number of hydrogen-bond donors (Lipinski definition) is 0. The Bertz CT molecular complexity index is 417. The van der Waals surface area contributed by atoms with E-state index in [0.29, 0.717) is 0 Å². The Labute approximate surface area is 115 Å². The van der Waals surface area contributed by atoms with E-state index < -0.39 is 0 Å². The van der Waals surface area contributed by atoms with Gasteiger partial charge < -0.3 is 0 Å². The van der Waals surface area contributed by atoms with Crippen LogP contribution in [0.4, 0.5) is 0 Å². The zero-order chi connectivity index (χ0) is 12.5. The predicted octanol–water partition coefficient (Wildman–Crippen LogP) is 4.37. The molecular weight excluding hydrogens is 242 g/mol. The summed E-state index contributed by atoms with van der Waals surface area (Å²) >= 11 is 6.56. The molecule has 2 aliphatic carbocycles. The zero-order valence-electron chi connectivity index (χ0n) is 11.1. The highest BCUT2D eigenvalue weighted by molar-refractivity contribution is 6.20. The zero-order valence-corrected chi connectivity index (χ0v) is 11.9. The molecule has 2 bridgehead atoms. The van der Waals surface area contributed by atoms with Gasteiger partial charge in [-0.3, -0.25) is 4.98 Å². The van der Waals surface area contributed by atoms with Crippen LogP contribution in [-0.4, -0.2) is 10.4 Å². The first kappa shape index (κ1) is 12.5. The summed E-state index contributed by atoms with van der Waals surface area (Å²) in [6, 6.07) is 4.13. The van der Waals surface area contributed by atoms with Crippen molar-refractivity contribution < 1.29 is 0 Å². The highest BCUT2D eigenvalue weighted by atomic mass is 35.5. The van der Waals surface area contributed by atoms with Gasteiger partial charge in [0.2, 0.25) is 0 Å². The van der Waals surface area contributed by atoms with Gasteiger partial charge in [-0.2, -0.15) is 0 Å². The van der Waals surface area contributed by atoms with Crippen LogP contribution < -0.4 is 0 Å². The average molecular weight is 264 g/mol. The molecule has 3 rings (SSSR count). The summed E-state index contributed by atoms with van der Waals surface area (Å²) in [6.07, 6.45) is 9.87. The molecule has 2 saturated carbocycles. The number of fused-ring (bicyclic) bond motifs is 2. The fourth-order valence-electron chi connectivity index (χ4n) is 4.02. The topological polar surface area (TPSA) is 12.9 Å². The van der Waals surface area contributed by atoms with Crippen molar-refractivity contribution in [2.75, 3.05) is 0 Å². The molecule has 0 aromatic carbocycles. The standard InChI is InChI=1S/C16H22ClN/c1-11-3-2-6-18-16(11)10-15(17)9-14-8-12-4-5-13(14)7-12/h2-3,6,12-15H,4-5,7-10H2,1H3. The van der Waals surface area contributed by atoms with Crippen LogP contribution in [0.25, 0.3) is 0 Å². The summed E-state index contributed by atoms with van der Waals surface area (Å²) in [5.74, 6) is 2.91. The second-order valence-electron chi connectivity index (χ2n) is 6.24. The summed E-state index contributed by atoms with van der Waals surface area (Å²) in [7, 11) is 0. The molecule has 4 unspecified atom stereocenters. The van der Waals surface area contributed by atoms with Crippen LogP contribution in [0.5, 0.6) is 0 Å². The molecule has 0 radical (unpaired) electrons. The molecule has 18 heavy (non-hydrogen) atoms. The second kappa shape index (κ2) is 5.21. The fourth-order valence-corrected chi connectivity index (χ4v) is 4.39. The van der Waals surface area contributed by atoms with E-state index in [9.17, 15) is 0 Å². The maximum Gasteiger partial charge on any atom is 0.0447 e. The Hall–Kier alpha value is -0.560. The largest absolute Gasteiger partial charge is 0.261 e. The number of alkyl halides is 1. The Balaban J connectivity index is 1.56. The number of hydrogen-bond acceptors (Lipinski definition) is 1. The van der Waals surface area contributed by atoms with Crippen molar-refractivity contribution in [2.24, 2.45) is 17.8 Å². The average Bonchev–Trinajstić information content (AvgIpc) is 2.94. The van der Waals surface area contributed by atoms with E-state index in [1.807, 2.05) is 12.3 Å². The quantitative estimate of drug-likeness (QED) is 0.736. The Morgan fingerprint density at radius 3 is 2.94 bits per heavy atom. The molecule has 0 spiro atoms. The molecule has 1 nitrogen and oxygen atoms in total. The maximum atomic E-state index is 6.56. The molecule has 0 aliphatic heterocycles. The summed E-state index contributed by atoms with van der Waals surface area (Å²) < 4.78 is 0. The molecule has 2 aliphatic rings. The van der Waals surface area contributed by atoms with E-state index >= 15 is 0 Å². The molecule has 98 valence electrons. The van der Waals surface area contributed by atoms with E-state index in [1.54, 1.807) is 0 Å². The van der Waals surface area contributed by atoms with Gasteiger partial charge in [-0.15, -0.1) is 11.6 Å². The minimum atomic E-state index is 0.267. The van der Waals surface area contributed by atoms with Gasteiger partial charge in [0.05, 0.1) is 0 Å².